The Morgan fingerprint density at radius 1 is 0.870 bits per heavy atom. The lowest BCUT2D eigenvalue weighted by atomic mass is 10.1. The van der Waals surface area contributed by atoms with Crippen LogP contribution in [0.2, 0.25) is 0 Å². The summed E-state index contributed by atoms with van der Waals surface area (Å²) in [5.41, 5.74) is 0.559. The van der Waals surface area contributed by atoms with Gasteiger partial charge in [-0.1, -0.05) is 30.3 Å². The topological polar surface area (TPSA) is 86.6 Å². The predicted molar refractivity (Wildman–Crippen MR) is 87.0 cm³/mol. The van der Waals surface area contributed by atoms with Crippen molar-refractivity contribution in [3.8, 4) is 5.75 Å². The van der Waals surface area contributed by atoms with Gasteiger partial charge in [0, 0.05) is 11.3 Å². The number of aromatic carboxylic acids is 1. The number of rotatable bonds is 3. The van der Waals surface area contributed by atoms with Crippen LogP contribution in [0.4, 0.5) is 5.69 Å². The van der Waals surface area contributed by atoms with Gasteiger partial charge < -0.3 is 15.5 Å². The zero-order valence-corrected chi connectivity index (χ0v) is 12.0. The van der Waals surface area contributed by atoms with Crippen molar-refractivity contribution in [2.45, 2.75) is 0 Å². The van der Waals surface area contributed by atoms with E-state index in [-0.39, 0.29) is 11.1 Å². The molecule has 0 bridgehead atoms. The maximum Gasteiger partial charge on any atom is 0.339 e. The average Bonchev–Trinajstić information content (AvgIpc) is 2.54. The van der Waals surface area contributed by atoms with E-state index in [1.165, 1.54) is 12.1 Å². The first kappa shape index (κ1) is 14.6. The molecule has 3 rings (SSSR count). The van der Waals surface area contributed by atoms with Crippen LogP contribution >= 0.6 is 0 Å². The summed E-state index contributed by atoms with van der Waals surface area (Å²) in [4.78, 5) is 23.1. The molecule has 0 unspecified atom stereocenters. The van der Waals surface area contributed by atoms with Crippen molar-refractivity contribution < 1.29 is 19.8 Å². The number of aromatic hydroxyl groups is 1. The van der Waals surface area contributed by atoms with E-state index in [9.17, 15) is 14.7 Å². The van der Waals surface area contributed by atoms with Gasteiger partial charge in [-0.2, -0.15) is 0 Å². The third-order valence-electron chi connectivity index (χ3n) is 3.50. The molecule has 3 aromatic rings. The number of benzene rings is 3. The lowest BCUT2D eigenvalue weighted by Gasteiger charge is -2.08. The van der Waals surface area contributed by atoms with Crippen molar-refractivity contribution in [3.63, 3.8) is 0 Å². The van der Waals surface area contributed by atoms with Crippen LogP contribution in [0.5, 0.6) is 5.75 Å². The predicted octanol–water partition coefficient (Wildman–Crippen LogP) is 3.50. The Kier molecular flexibility index (Phi) is 3.68. The Balaban J connectivity index is 1.85. The van der Waals surface area contributed by atoms with E-state index >= 15 is 0 Å². The molecular formula is C18H13NO4. The molecule has 0 aliphatic heterocycles. The van der Waals surface area contributed by atoms with Crippen molar-refractivity contribution in [2.75, 3.05) is 5.32 Å². The zero-order chi connectivity index (χ0) is 16.4. The molecule has 0 aliphatic rings. The van der Waals surface area contributed by atoms with E-state index in [2.05, 4.69) is 5.32 Å². The van der Waals surface area contributed by atoms with Crippen molar-refractivity contribution in [2.24, 2.45) is 0 Å². The van der Waals surface area contributed by atoms with Crippen molar-refractivity contribution in [1.82, 2.24) is 0 Å². The third-order valence-corrected chi connectivity index (χ3v) is 3.50. The van der Waals surface area contributed by atoms with Gasteiger partial charge >= 0.3 is 5.97 Å². The van der Waals surface area contributed by atoms with Crippen molar-refractivity contribution >= 4 is 28.3 Å². The molecule has 0 aliphatic carbocycles. The Hall–Kier alpha value is -3.34. The summed E-state index contributed by atoms with van der Waals surface area (Å²) in [5, 5.41) is 23.3. The lowest BCUT2D eigenvalue weighted by molar-refractivity contribution is 0.0693. The van der Waals surface area contributed by atoms with Crippen LogP contribution in [-0.4, -0.2) is 22.1 Å². The maximum atomic E-state index is 12.2. The van der Waals surface area contributed by atoms with E-state index in [0.29, 0.717) is 5.69 Å². The highest BCUT2D eigenvalue weighted by molar-refractivity contribution is 6.06. The molecule has 0 radical (unpaired) electrons. The molecule has 3 aromatic carbocycles. The molecule has 5 nitrogen and oxygen atoms in total. The van der Waals surface area contributed by atoms with Gasteiger partial charge in [-0.3, -0.25) is 4.79 Å². The number of carbonyl (C=O) groups is 2. The van der Waals surface area contributed by atoms with Crippen LogP contribution in [-0.2, 0) is 0 Å². The van der Waals surface area contributed by atoms with Crippen LogP contribution in [0.15, 0.2) is 60.7 Å². The van der Waals surface area contributed by atoms with Crippen molar-refractivity contribution in [1.29, 1.82) is 0 Å². The minimum atomic E-state index is -1.25. The molecule has 23 heavy (non-hydrogen) atoms. The Morgan fingerprint density at radius 3 is 2.30 bits per heavy atom. The monoisotopic (exact) mass is 307 g/mol. The smallest absolute Gasteiger partial charge is 0.339 e. The number of nitrogens with one attached hydrogen (secondary N) is 1. The lowest BCUT2D eigenvalue weighted by Crippen LogP contribution is -2.12. The van der Waals surface area contributed by atoms with E-state index in [1.54, 1.807) is 6.07 Å². The molecule has 5 heteroatoms. The fraction of sp³-hybridized carbons (Fsp3) is 0. The molecule has 0 atom stereocenters. The second kappa shape index (κ2) is 5.81. The number of hydrogen-bond donors (Lipinski definition) is 3. The summed E-state index contributed by atoms with van der Waals surface area (Å²) in [7, 11) is 0. The highest BCUT2D eigenvalue weighted by Crippen LogP contribution is 2.22. The molecule has 3 N–H and O–H groups in total. The summed E-state index contributed by atoms with van der Waals surface area (Å²) in [6, 6.07) is 17.0. The van der Waals surface area contributed by atoms with E-state index in [4.69, 9.17) is 5.11 Å². The van der Waals surface area contributed by atoms with Crippen LogP contribution in [0.1, 0.15) is 20.7 Å². The molecule has 0 fully saturated rings. The molecule has 114 valence electrons. The minimum absolute atomic E-state index is 0.181. The third kappa shape index (κ3) is 2.98. The molecule has 0 spiro atoms. The van der Waals surface area contributed by atoms with Crippen LogP contribution in [0, 0.1) is 0 Å². The first-order valence-corrected chi connectivity index (χ1v) is 6.91. The summed E-state index contributed by atoms with van der Waals surface area (Å²) < 4.78 is 0. The van der Waals surface area contributed by atoms with Gasteiger partial charge in [0.2, 0.25) is 0 Å². The number of amides is 1. The Labute approximate surface area is 131 Å². The zero-order valence-electron chi connectivity index (χ0n) is 12.0. The fourth-order valence-corrected chi connectivity index (χ4v) is 2.32. The van der Waals surface area contributed by atoms with Crippen LogP contribution in [0.3, 0.4) is 0 Å². The standard InChI is InChI=1S/C18H13NO4/c20-16-10-13(6-8-15(16)18(22)23)17(21)19-14-7-5-11-3-1-2-4-12(11)9-14/h1-10,20H,(H,19,21)(H,22,23). The quantitative estimate of drug-likeness (QED) is 0.691. The van der Waals surface area contributed by atoms with Gasteiger partial charge in [-0.15, -0.1) is 0 Å². The van der Waals surface area contributed by atoms with Gasteiger partial charge in [-0.05, 0) is 41.1 Å². The highest BCUT2D eigenvalue weighted by atomic mass is 16.4. The average molecular weight is 307 g/mol. The van der Waals surface area contributed by atoms with Gasteiger partial charge in [0.1, 0.15) is 11.3 Å². The summed E-state index contributed by atoms with van der Waals surface area (Å²) >= 11 is 0. The van der Waals surface area contributed by atoms with E-state index in [0.717, 1.165) is 16.8 Å². The van der Waals surface area contributed by atoms with Crippen LogP contribution < -0.4 is 5.32 Å². The van der Waals surface area contributed by atoms with Gasteiger partial charge in [0.25, 0.3) is 5.91 Å². The number of phenols is 1. The second-order valence-electron chi connectivity index (χ2n) is 5.05. The second-order valence-corrected chi connectivity index (χ2v) is 5.05. The first-order chi connectivity index (χ1) is 11.0. The molecule has 0 saturated heterocycles. The molecular weight excluding hydrogens is 294 g/mol. The minimum Gasteiger partial charge on any atom is -0.507 e. The van der Waals surface area contributed by atoms with E-state index < -0.39 is 17.6 Å². The summed E-state index contributed by atoms with van der Waals surface area (Å²) in [6.45, 7) is 0. The van der Waals surface area contributed by atoms with Crippen molar-refractivity contribution in [3.05, 3.63) is 71.8 Å². The summed E-state index contributed by atoms with van der Waals surface area (Å²) in [5.74, 6) is -2.11. The fourth-order valence-electron chi connectivity index (χ4n) is 2.32. The van der Waals surface area contributed by atoms with E-state index in [1.807, 2.05) is 36.4 Å². The maximum absolute atomic E-state index is 12.2. The number of carbonyl (C=O) groups excluding carboxylic acids is 1. The molecule has 1 amide bonds. The number of carboxylic acids is 1. The molecule has 0 saturated carbocycles. The normalized spacial score (nSPS) is 10.4. The number of carboxylic acid groups (broad SMARTS) is 1. The van der Waals surface area contributed by atoms with Gasteiger partial charge in [-0.25, -0.2) is 4.79 Å². The Morgan fingerprint density at radius 2 is 1.61 bits per heavy atom. The Bertz CT molecular complexity index is 918. The highest BCUT2D eigenvalue weighted by Gasteiger charge is 2.13. The van der Waals surface area contributed by atoms with Gasteiger partial charge in [0.15, 0.2) is 0 Å². The SMILES string of the molecule is O=C(Nc1ccc2ccccc2c1)c1ccc(C(=O)O)c(O)c1. The van der Waals surface area contributed by atoms with Crippen LogP contribution in [0.25, 0.3) is 10.8 Å². The molecule has 0 heterocycles. The number of fused-ring (bicyclic) bond motifs is 1. The summed E-state index contributed by atoms with van der Waals surface area (Å²) in [6.07, 6.45) is 0. The number of hydrogen-bond acceptors (Lipinski definition) is 3. The largest absolute Gasteiger partial charge is 0.507 e. The van der Waals surface area contributed by atoms with Gasteiger partial charge in [0.05, 0.1) is 0 Å². The number of anilines is 1. The first-order valence-electron chi connectivity index (χ1n) is 6.91. The molecule has 0 aromatic heterocycles.